The molecule has 0 unspecified atom stereocenters. The van der Waals surface area contributed by atoms with E-state index >= 15 is 0 Å². The van der Waals surface area contributed by atoms with E-state index in [1.807, 2.05) is 0 Å². The summed E-state index contributed by atoms with van der Waals surface area (Å²) in [5, 5.41) is 22.4. The fourth-order valence-corrected chi connectivity index (χ4v) is 4.97. The van der Waals surface area contributed by atoms with Crippen molar-refractivity contribution in [3.05, 3.63) is 58.9 Å². The molecule has 0 bridgehead atoms. The fourth-order valence-electron chi connectivity index (χ4n) is 2.48. The van der Waals surface area contributed by atoms with Crippen LogP contribution in [0.1, 0.15) is 15.9 Å². The first-order valence-corrected chi connectivity index (χ1v) is 10.3. The molecule has 1 aliphatic rings. The molecular formula is C17H9Br4NO4. The molecule has 2 aromatic rings. The number of allylic oxidation sites excluding steroid dienone is 1. The van der Waals surface area contributed by atoms with Crippen molar-refractivity contribution in [3.8, 4) is 11.5 Å². The van der Waals surface area contributed by atoms with Crippen molar-refractivity contribution in [1.29, 1.82) is 0 Å². The van der Waals surface area contributed by atoms with Gasteiger partial charge in [-0.25, -0.2) is 0 Å². The first-order valence-electron chi connectivity index (χ1n) is 7.13. The molecular weight excluding hydrogens is 602 g/mol. The summed E-state index contributed by atoms with van der Waals surface area (Å²) in [4.78, 5) is 24.9. The predicted molar refractivity (Wildman–Crippen MR) is 112 cm³/mol. The maximum Gasteiger partial charge on any atom is 0.252 e. The van der Waals surface area contributed by atoms with Gasteiger partial charge in [0, 0.05) is 17.6 Å². The van der Waals surface area contributed by atoms with Gasteiger partial charge in [0.1, 0.15) is 11.5 Å². The summed E-state index contributed by atoms with van der Waals surface area (Å²) < 4.78 is 1.61. The molecule has 0 aliphatic carbocycles. The molecule has 9 heteroatoms. The van der Waals surface area contributed by atoms with Crippen LogP contribution in [0.3, 0.4) is 0 Å². The molecule has 1 amide bonds. The number of ketones is 1. The Kier molecular flexibility index (Phi) is 5.62. The van der Waals surface area contributed by atoms with E-state index in [-0.39, 0.29) is 23.7 Å². The maximum absolute atomic E-state index is 12.5. The summed E-state index contributed by atoms with van der Waals surface area (Å²) in [6.45, 7) is 0. The van der Waals surface area contributed by atoms with Gasteiger partial charge in [-0.05, 0) is 93.6 Å². The highest BCUT2D eigenvalue weighted by atomic mass is 79.9. The molecule has 134 valence electrons. The third-order valence-corrected chi connectivity index (χ3v) is 6.38. The van der Waals surface area contributed by atoms with Crippen LogP contribution in [0.5, 0.6) is 11.5 Å². The van der Waals surface area contributed by atoms with Crippen LogP contribution in [0.2, 0.25) is 0 Å². The summed E-state index contributed by atoms with van der Waals surface area (Å²) in [7, 11) is 0. The Morgan fingerprint density at radius 2 is 1.58 bits per heavy atom. The standard InChI is InChI=1S/C17H9Br4NO4/c18-9-2-6(3-10(19)15(9)24)12(23)5-8-1-7-4-11(20)16(25)13(21)14(7)22-17(8)26/h2-5,24-25H,1H2,(H,22,26)/b8-5+. The number of carbonyl (C=O) groups excluding carboxylic acids is 2. The van der Waals surface area contributed by atoms with Crippen LogP contribution in [0, 0.1) is 0 Å². The van der Waals surface area contributed by atoms with Crippen molar-refractivity contribution >= 4 is 81.1 Å². The molecule has 1 aliphatic heterocycles. The van der Waals surface area contributed by atoms with E-state index in [0.717, 1.165) is 5.56 Å². The number of halogens is 4. The van der Waals surface area contributed by atoms with Gasteiger partial charge >= 0.3 is 0 Å². The van der Waals surface area contributed by atoms with Crippen LogP contribution in [-0.4, -0.2) is 21.9 Å². The second-order valence-corrected chi connectivity index (χ2v) is 8.86. The number of hydrogen-bond donors (Lipinski definition) is 3. The number of nitrogens with one attached hydrogen (secondary N) is 1. The van der Waals surface area contributed by atoms with Crippen LogP contribution in [0.25, 0.3) is 0 Å². The highest BCUT2D eigenvalue weighted by Gasteiger charge is 2.25. The van der Waals surface area contributed by atoms with Gasteiger partial charge in [-0.15, -0.1) is 0 Å². The van der Waals surface area contributed by atoms with Gasteiger partial charge < -0.3 is 15.5 Å². The number of rotatable bonds is 2. The third kappa shape index (κ3) is 3.62. The van der Waals surface area contributed by atoms with Crippen LogP contribution >= 0.6 is 63.7 Å². The maximum atomic E-state index is 12.5. The number of phenols is 2. The average molecular weight is 611 g/mol. The fraction of sp³-hybridized carbons (Fsp3) is 0.0588. The van der Waals surface area contributed by atoms with Gasteiger partial charge in [-0.1, -0.05) is 0 Å². The number of fused-ring (bicyclic) bond motifs is 1. The molecule has 0 spiro atoms. The lowest BCUT2D eigenvalue weighted by molar-refractivity contribution is -0.113. The number of hydrogen-bond acceptors (Lipinski definition) is 4. The molecule has 0 saturated heterocycles. The Morgan fingerprint density at radius 3 is 2.19 bits per heavy atom. The summed E-state index contributed by atoms with van der Waals surface area (Å²) in [6, 6.07) is 4.67. The van der Waals surface area contributed by atoms with E-state index < -0.39 is 5.91 Å². The number of aromatic hydroxyl groups is 2. The Balaban J connectivity index is 1.98. The zero-order valence-electron chi connectivity index (χ0n) is 12.7. The van der Waals surface area contributed by atoms with Crippen molar-refractivity contribution in [2.24, 2.45) is 0 Å². The Labute approximate surface area is 182 Å². The van der Waals surface area contributed by atoms with Gasteiger partial charge in [-0.3, -0.25) is 9.59 Å². The molecule has 3 rings (SSSR count). The first kappa shape index (κ1) is 19.6. The van der Waals surface area contributed by atoms with E-state index in [0.29, 0.717) is 34.7 Å². The summed E-state index contributed by atoms with van der Waals surface area (Å²) >= 11 is 12.9. The molecule has 3 N–H and O–H groups in total. The second kappa shape index (κ2) is 7.46. The quantitative estimate of drug-likeness (QED) is 0.312. The average Bonchev–Trinajstić information content (AvgIpc) is 2.59. The molecule has 0 radical (unpaired) electrons. The summed E-state index contributed by atoms with van der Waals surface area (Å²) in [5.74, 6) is -0.790. The number of benzene rings is 2. The minimum atomic E-state index is -0.412. The zero-order valence-corrected chi connectivity index (χ0v) is 19.1. The van der Waals surface area contributed by atoms with Gasteiger partial charge in [-0.2, -0.15) is 0 Å². The highest BCUT2D eigenvalue weighted by Crippen LogP contribution is 2.43. The van der Waals surface area contributed by atoms with Crippen molar-refractivity contribution in [3.63, 3.8) is 0 Å². The van der Waals surface area contributed by atoms with E-state index in [1.165, 1.54) is 18.2 Å². The number of carbonyl (C=O) groups is 2. The largest absolute Gasteiger partial charge is 0.506 e. The topological polar surface area (TPSA) is 86.6 Å². The minimum Gasteiger partial charge on any atom is -0.506 e. The van der Waals surface area contributed by atoms with E-state index in [9.17, 15) is 19.8 Å². The predicted octanol–water partition coefficient (Wildman–Crippen LogP) is 5.45. The number of anilines is 1. The molecule has 1 heterocycles. The van der Waals surface area contributed by atoms with Crippen LogP contribution < -0.4 is 5.32 Å². The lowest BCUT2D eigenvalue weighted by atomic mass is 9.96. The SMILES string of the molecule is O=C1Nc2c(cc(Br)c(O)c2Br)C/C1=C\C(=O)c1cc(Br)c(O)c(Br)c1. The van der Waals surface area contributed by atoms with Gasteiger partial charge in [0.05, 0.1) is 23.6 Å². The smallest absolute Gasteiger partial charge is 0.252 e. The Morgan fingerprint density at radius 1 is 1.00 bits per heavy atom. The highest BCUT2D eigenvalue weighted by molar-refractivity contribution is 9.11. The molecule has 0 fully saturated rings. The van der Waals surface area contributed by atoms with Crippen LogP contribution in [0.15, 0.2) is 47.7 Å². The lowest BCUT2D eigenvalue weighted by Crippen LogP contribution is -2.23. The molecule has 26 heavy (non-hydrogen) atoms. The van der Waals surface area contributed by atoms with Gasteiger partial charge in [0.25, 0.3) is 5.91 Å². The number of phenolic OH excluding ortho intramolecular Hbond substituents is 2. The molecule has 2 aromatic carbocycles. The third-order valence-electron chi connectivity index (χ3n) is 3.79. The van der Waals surface area contributed by atoms with Crippen molar-refractivity contribution in [2.45, 2.75) is 6.42 Å². The van der Waals surface area contributed by atoms with Gasteiger partial charge in [0.15, 0.2) is 5.78 Å². The Hall–Kier alpha value is -1.16. The summed E-state index contributed by atoms with van der Waals surface area (Å²) in [6.07, 6.45) is 1.52. The molecule has 0 saturated carbocycles. The molecule has 0 atom stereocenters. The van der Waals surface area contributed by atoms with Crippen molar-refractivity contribution in [2.75, 3.05) is 5.32 Å². The van der Waals surface area contributed by atoms with E-state index in [4.69, 9.17) is 0 Å². The first-order chi connectivity index (χ1) is 12.2. The van der Waals surface area contributed by atoms with Gasteiger partial charge in [0.2, 0.25) is 0 Å². The normalized spacial score (nSPS) is 14.9. The Bertz CT molecular complexity index is 978. The number of amides is 1. The molecule has 5 nitrogen and oxygen atoms in total. The minimum absolute atomic E-state index is 0.00644. The van der Waals surface area contributed by atoms with Crippen molar-refractivity contribution < 1.29 is 19.8 Å². The van der Waals surface area contributed by atoms with E-state index in [2.05, 4.69) is 69.0 Å². The zero-order chi connectivity index (χ0) is 19.2. The van der Waals surface area contributed by atoms with Crippen LogP contribution in [-0.2, 0) is 11.2 Å². The monoisotopic (exact) mass is 607 g/mol. The molecule has 0 aromatic heterocycles. The van der Waals surface area contributed by atoms with E-state index in [1.54, 1.807) is 6.07 Å². The second-order valence-electron chi connectivity index (χ2n) is 5.51. The van der Waals surface area contributed by atoms with Crippen LogP contribution in [0.4, 0.5) is 5.69 Å². The van der Waals surface area contributed by atoms with Crippen molar-refractivity contribution in [1.82, 2.24) is 0 Å². The summed E-state index contributed by atoms with van der Waals surface area (Å²) in [5.41, 5.74) is 1.86. The lowest BCUT2D eigenvalue weighted by Gasteiger charge is -2.21.